The van der Waals surface area contributed by atoms with Crippen LogP contribution in [0.25, 0.3) is 5.69 Å². The van der Waals surface area contributed by atoms with Gasteiger partial charge in [0.25, 0.3) is 0 Å². The van der Waals surface area contributed by atoms with E-state index in [-0.39, 0.29) is 5.91 Å². The van der Waals surface area contributed by atoms with Gasteiger partial charge in [-0.05, 0) is 54.1 Å². The number of carbonyl (C=O) groups is 1. The van der Waals surface area contributed by atoms with Crippen molar-refractivity contribution in [1.82, 2.24) is 25.5 Å². The molecule has 110 valence electrons. The number of halogens is 1. The second-order valence-corrected chi connectivity index (χ2v) is 5.44. The first-order valence-corrected chi connectivity index (χ1v) is 7.13. The molecule has 0 bridgehead atoms. The number of tetrazole rings is 1. The van der Waals surface area contributed by atoms with E-state index < -0.39 is 0 Å². The maximum Gasteiger partial charge on any atom is 0.224 e. The molecule has 1 aromatic carbocycles. The Hall–Kier alpha value is -1.99. The van der Waals surface area contributed by atoms with Crippen molar-refractivity contribution < 1.29 is 4.79 Å². The number of hydrogen-bond acceptors (Lipinski definition) is 5. The van der Waals surface area contributed by atoms with Crippen LogP contribution in [-0.4, -0.2) is 39.2 Å². The van der Waals surface area contributed by atoms with E-state index in [0.717, 1.165) is 25.2 Å². The first-order chi connectivity index (χ1) is 10.2. The minimum Gasteiger partial charge on any atom is -0.325 e. The Morgan fingerprint density at radius 2 is 2.43 bits per heavy atom. The van der Waals surface area contributed by atoms with Crippen LogP contribution >= 0.6 is 11.6 Å². The molecule has 2 heterocycles. The fourth-order valence-electron chi connectivity index (χ4n) is 2.38. The molecule has 1 aromatic heterocycles. The number of carbonyl (C=O) groups excluding carboxylic acids is 1. The Balaban J connectivity index is 1.72. The van der Waals surface area contributed by atoms with Crippen molar-refractivity contribution in [2.45, 2.75) is 12.8 Å². The first kappa shape index (κ1) is 14.0. The Kier molecular flexibility index (Phi) is 4.12. The molecule has 1 unspecified atom stereocenters. The van der Waals surface area contributed by atoms with E-state index in [4.69, 9.17) is 11.6 Å². The maximum atomic E-state index is 12.1. The van der Waals surface area contributed by atoms with Crippen LogP contribution < -0.4 is 10.6 Å². The summed E-state index contributed by atoms with van der Waals surface area (Å²) in [6.07, 6.45) is 3.02. The maximum absolute atomic E-state index is 12.1. The average molecular weight is 307 g/mol. The lowest BCUT2D eigenvalue weighted by Crippen LogP contribution is -2.18. The molecule has 0 saturated carbocycles. The fourth-order valence-corrected chi connectivity index (χ4v) is 2.55. The summed E-state index contributed by atoms with van der Waals surface area (Å²) >= 11 is 6.13. The smallest absolute Gasteiger partial charge is 0.224 e. The Morgan fingerprint density at radius 1 is 1.52 bits per heavy atom. The van der Waals surface area contributed by atoms with E-state index in [1.807, 2.05) is 0 Å². The Morgan fingerprint density at radius 3 is 3.14 bits per heavy atom. The number of aromatic nitrogens is 4. The molecule has 1 aliphatic rings. The zero-order valence-electron chi connectivity index (χ0n) is 11.3. The number of hydrogen-bond donors (Lipinski definition) is 2. The van der Waals surface area contributed by atoms with Gasteiger partial charge >= 0.3 is 0 Å². The van der Waals surface area contributed by atoms with Crippen LogP contribution in [-0.2, 0) is 4.79 Å². The standard InChI is InChI=1S/C13H15ClN6O/c14-11-2-1-10(20-8-16-18-19-20)6-12(11)17-13(21)5-9-3-4-15-7-9/h1-2,6,8-9,15H,3-5,7H2,(H,17,21). The van der Waals surface area contributed by atoms with E-state index in [9.17, 15) is 4.79 Å². The van der Waals surface area contributed by atoms with Crippen LogP contribution in [0.2, 0.25) is 5.02 Å². The highest BCUT2D eigenvalue weighted by atomic mass is 35.5. The number of rotatable bonds is 4. The van der Waals surface area contributed by atoms with Crippen molar-refractivity contribution in [3.63, 3.8) is 0 Å². The molecule has 2 N–H and O–H groups in total. The van der Waals surface area contributed by atoms with Crippen molar-refractivity contribution in [2.75, 3.05) is 18.4 Å². The van der Waals surface area contributed by atoms with Gasteiger partial charge in [-0.3, -0.25) is 4.79 Å². The molecule has 0 spiro atoms. The van der Waals surface area contributed by atoms with Gasteiger partial charge < -0.3 is 10.6 Å². The molecule has 2 aromatic rings. The lowest BCUT2D eigenvalue weighted by molar-refractivity contribution is -0.116. The molecule has 1 saturated heterocycles. The molecule has 1 aliphatic heterocycles. The Bertz CT molecular complexity index is 624. The predicted octanol–water partition coefficient (Wildman–Crippen LogP) is 1.25. The lowest BCUT2D eigenvalue weighted by atomic mass is 10.0. The van der Waals surface area contributed by atoms with Crippen molar-refractivity contribution in [2.24, 2.45) is 5.92 Å². The van der Waals surface area contributed by atoms with E-state index in [2.05, 4.69) is 26.2 Å². The van der Waals surface area contributed by atoms with Gasteiger partial charge in [0.1, 0.15) is 6.33 Å². The summed E-state index contributed by atoms with van der Waals surface area (Å²) in [4.78, 5) is 12.1. The van der Waals surface area contributed by atoms with Crippen LogP contribution in [0.4, 0.5) is 5.69 Å². The minimum absolute atomic E-state index is 0.0283. The molecule has 0 aliphatic carbocycles. The van der Waals surface area contributed by atoms with Crippen LogP contribution in [0.1, 0.15) is 12.8 Å². The van der Waals surface area contributed by atoms with Gasteiger partial charge in [-0.15, -0.1) is 5.10 Å². The van der Waals surface area contributed by atoms with Crippen LogP contribution in [0.15, 0.2) is 24.5 Å². The highest BCUT2D eigenvalue weighted by Gasteiger charge is 2.18. The summed E-state index contributed by atoms with van der Waals surface area (Å²) in [7, 11) is 0. The van der Waals surface area contributed by atoms with E-state index in [0.29, 0.717) is 23.0 Å². The summed E-state index contributed by atoms with van der Waals surface area (Å²) in [6.45, 7) is 1.87. The van der Waals surface area contributed by atoms with Gasteiger partial charge in [0.2, 0.25) is 5.91 Å². The third-order valence-corrected chi connectivity index (χ3v) is 3.80. The van der Waals surface area contributed by atoms with Crippen molar-refractivity contribution in [1.29, 1.82) is 0 Å². The molecule has 1 atom stereocenters. The van der Waals surface area contributed by atoms with E-state index >= 15 is 0 Å². The monoisotopic (exact) mass is 306 g/mol. The largest absolute Gasteiger partial charge is 0.325 e. The lowest BCUT2D eigenvalue weighted by Gasteiger charge is -2.11. The Labute approximate surface area is 126 Å². The van der Waals surface area contributed by atoms with Gasteiger partial charge in [0, 0.05) is 6.42 Å². The molecule has 3 rings (SSSR count). The summed E-state index contributed by atoms with van der Waals surface area (Å²) in [5.74, 6) is 0.367. The SMILES string of the molecule is O=C(CC1CCNC1)Nc1cc(-n2cnnn2)ccc1Cl. The number of benzene rings is 1. The number of nitrogens with zero attached hydrogens (tertiary/aromatic N) is 4. The average Bonchev–Trinajstić information content (AvgIpc) is 3.14. The van der Waals surface area contributed by atoms with Gasteiger partial charge in [-0.25, -0.2) is 4.68 Å². The third-order valence-electron chi connectivity index (χ3n) is 3.47. The number of nitrogens with one attached hydrogen (secondary N) is 2. The zero-order valence-corrected chi connectivity index (χ0v) is 12.0. The van der Waals surface area contributed by atoms with Crippen LogP contribution in [0.3, 0.4) is 0 Å². The second kappa shape index (κ2) is 6.19. The molecule has 1 fully saturated rings. The van der Waals surface area contributed by atoms with Crippen LogP contribution in [0.5, 0.6) is 0 Å². The van der Waals surface area contributed by atoms with Gasteiger partial charge in [-0.1, -0.05) is 11.6 Å². The summed E-state index contributed by atoms with van der Waals surface area (Å²) in [5, 5.41) is 17.6. The topological polar surface area (TPSA) is 84.7 Å². The third kappa shape index (κ3) is 3.37. The highest BCUT2D eigenvalue weighted by molar-refractivity contribution is 6.33. The summed E-state index contributed by atoms with van der Waals surface area (Å²) in [5.41, 5.74) is 1.31. The number of amides is 1. The minimum atomic E-state index is -0.0283. The van der Waals surface area contributed by atoms with E-state index in [1.165, 1.54) is 11.0 Å². The first-order valence-electron chi connectivity index (χ1n) is 6.76. The molecular formula is C13H15ClN6O. The zero-order chi connectivity index (χ0) is 14.7. The van der Waals surface area contributed by atoms with Gasteiger partial charge in [0.05, 0.1) is 16.4 Å². The fraction of sp³-hybridized carbons (Fsp3) is 0.385. The quantitative estimate of drug-likeness (QED) is 0.888. The molecule has 0 radical (unpaired) electrons. The van der Waals surface area contributed by atoms with Crippen molar-refractivity contribution in [3.05, 3.63) is 29.5 Å². The van der Waals surface area contributed by atoms with Crippen molar-refractivity contribution >= 4 is 23.2 Å². The summed E-state index contributed by atoms with van der Waals surface area (Å²) in [6, 6.07) is 5.25. The molecule has 8 heteroatoms. The predicted molar refractivity (Wildman–Crippen MR) is 78.4 cm³/mol. The van der Waals surface area contributed by atoms with Crippen molar-refractivity contribution in [3.8, 4) is 5.69 Å². The van der Waals surface area contributed by atoms with Gasteiger partial charge in [-0.2, -0.15) is 0 Å². The second-order valence-electron chi connectivity index (χ2n) is 5.03. The normalized spacial score (nSPS) is 17.9. The van der Waals surface area contributed by atoms with Gasteiger partial charge in [0.15, 0.2) is 0 Å². The van der Waals surface area contributed by atoms with E-state index in [1.54, 1.807) is 18.2 Å². The van der Waals surface area contributed by atoms with Crippen LogP contribution in [0, 0.1) is 5.92 Å². The number of anilines is 1. The molecular weight excluding hydrogens is 292 g/mol. The molecule has 1 amide bonds. The summed E-state index contributed by atoms with van der Waals surface area (Å²) < 4.78 is 1.51. The molecule has 21 heavy (non-hydrogen) atoms. The highest BCUT2D eigenvalue weighted by Crippen LogP contribution is 2.25. The molecule has 7 nitrogen and oxygen atoms in total.